The third-order valence-electron chi connectivity index (χ3n) is 3.83. The van der Waals surface area contributed by atoms with Gasteiger partial charge in [-0.25, -0.2) is 0 Å². The molecular weight excluding hydrogens is 292 g/mol. The summed E-state index contributed by atoms with van der Waals surface area (Å²) in [6.45, 7) is 4.67. The summed E-state index contributed by atoms with van der Waals surface area (Å²) in [4.78, 5) is 0. The highest BCUT2D eigenvalue weighted by atomic mass is 16.5. The Labute approximate surface area is 136 Å². The molecule has 0 amide bonds. The van der Waals surface area contributed by atoms with E-state index < -0.39 is 6.10 Å². The van der Waals surface area contributed by atoms with E-state index in [2.05, 4.69) is 16.5 Å². The van der Waals surface area contributed by atoms with Crippen LogP contribution in [0.2, 0.25) is 0 Å². The van der Waals surface area contributed by atoms with Crippen molar-refractivity contribution in [2.24, 2.45) is 7.05 Å². The number of benzene rings is 1. The molecule has 122 valence electrons. The first-order chi connectivity index (χ1) is 11.0. The van der Waals surface area contributed by atoms with Crippen molar-refractivity contribution in [1.29, 1.82) is 5.26 Å². The first-order valence-electron chi connectivity index (χ1n) is 7.54. The van der Waals surface area contributed by atoms with E-state index in [9.17, 15) is 5.11 Å². The number of nitriles is 1. The number of hydrogen-bond donors (Lipinski definition) is 2. The summed E-state index contributed by atoms with van der Waals surface area (Å²) >= 11 is 0. The zero-order valence-electron chi connectivity index (χ0n) is 13.7. The lowest BCUT2D eigenvalue weighted by molar-refractivity contribution is 0.104. The quantitative estimate of drug-likeness (QED) is 0.812. The Morgan fingerprint density at radius 3 is 2.65 bits per heavy atom. The van der Waals surface area contributed by atoms with Gasteiger partial charge in [0.15, 0.2) is 0 Å². The average Bonchev–Trinajstić information content (AvgIpc) is 2.90. The highest BCUT2D eigenvalue weighted by Gasteiger charge is 2.13. The molecule has 2 atom stereocenters. The molecule has 0 aliphatic rings. The summed E-state index contributed by atoms with van der Waals surface area (Å²) in [7, 11) is 1.91. The fourth-order valence-corrected chi connectivity index (χ4v) is 2.24. The van der Waals surface area contributed by atoms with Gasteiger partial charge in [-0.15, -0.1) is 0 Å². The van der Waals surface area contributed by atoms with Crippen LogP contribution in [0.1, 0.15) is 29.8 Å². The standard InChI is InChI=1S/C17H22N4O2/c1-12(17-10-20-21(3)13(17)2)19-9-15(22)11-23-16-6-4-14(8-18)5-7-16/h4-7,10,12,15,19,22H,9,11H2,1-3H3/t12-,15-/m0/s1. The second kappa shape index (κ2) is 7.77. The van der Waals surface area contributed by atoms with Crippen molar-refractivity contribution in [3.05, 3.63) is 47.3 Å². The van der Waals surface area contributed by atoms with E-state index in [1.807, 2.05) is 31.8 Å². The number of nitrogens with zero attached hydrogens (tertiary/aromatic N) is 3. The van der Waals surface area contributed by atoms with Crippen LogP contribution in [0.3, 0.4) is 0 Å². The number of aliphatic hydroxyl groups excluding tert-OH is 1. The molecule has 0 radical (unpaired) electrons. The fraction of sp³-hybridized carbons (Fsp3) is 0.412. The van der Waals surface area contributed by atoms with E-state index in [0.29, 0.717) is 17.9 Å². The molecule has 6 heteroatoms. The number of nitrogens with one attached hydrogen (secondary N) is 1. The predicted molar refractivity (Wildman–Crippen MR) is 87.0 cm³/mol. The molecule has 1 aromatic carbocycles. The molecule has 0 bridgehead atoms. The van der Waals surface area contributed by atoms with Gasteiger partial charge in [-0.05, 0) is 38.1 Å². The molecule has 2 aromatic rings. The highest BCUT2D eigenvalue weighted by Crippen LogP contribution is 2.16. The van der Waals surface area contributed by atoms with Gasteiger partial charge in [0.1, 0.15) is 18.5 Å². The second-order valence-corrected chi connectivity index (χ2v) is 5.54. The third-order valence-corrected chi connectivity index (χ3v) is 3.83. The van der Waals surface area contributed by atoms with Crippen molar-refractivity contribution in [3.8, 4) is 11.8 Å². The van der Waals surface area contributed by atoms with Gasteiger partial charge in [0.2, 0.25) is 0 Å². The smallest absolute Gasteiger partial charge is 0.119 e. The van der Waals surface area contributed by atoms with Gasteiger partial charge < -0.3 is 15.2 Å². The zero-order valence-corrected chi connectivity index (χ0v) is 13.7. The van der Waals surface area contributed by atoms with Crippen LogP contribution in [0, 0.1) is 18.3 Å². The molecule has 0 aliphatic heterocycles. The van der Waals surface area contributed by atoms with E-state index in [0.717, 1.165) is 11.3 Å². The van der Waals surface area contributed by atoms with Gasteiger partial charge in [-0.1, -0.05) is 0 Å². The molecule has 0 fully saturated rings. The van der Waals surface area contributed by atoms with Crippen molar-refractivity contribution < 1.29 is 9.84 Å². The maximum absolute atomic E-state index is 10.0. The third kappa shape index (κ3) is 4.55. The van der Waals surface area contributed by atoms with E-state index in [1.54, 1.807) is 24.3 Å². The van der Waals surface area contributed by atoms with Crippen LogP contribution in [0.5, 0.6) is 5.75 Å². The highest BCUT2D eigenvalue weighted by molar-refractivity contribution is 5.34. The topological polar surface area (TPSA) is 83.1 Å². The van der Waals surface area contributed by atoms with Gasteiger partial charge in [-0.2, -0.15) is 10.4 Å². The van der Waals surface area contributed by atoms with Gasteiger partial charge in [0, 0.05) is 30.9 Å². The van der Waals surface area contributed by atoms with Gasteiger partial charge in [0.05, 0.1) is 17.8 Å². The number of ether oxygens (including phenoxy) is 1. The Kier molecular flexibility index (Phi) is 5.74. The van der Waals surface area contributed by atoms with E-state index in [4.69, 9.17) is 10.00 Å². The first kappa shape index (κ1) is 17.0. The monoisotopic (exact) mass is 314 g/mol. The number of aromatic nitrogens is 2. The fourth-order valence-electron chi connectivity index (χ4n) is 2.24. The molecule has 1 heterocycles. The van der Waals surface area contributed by atoms with E-state index in [-0.39, 0.29) is 12.6 Å². The minimum atomic E-state index is -0.620. The molecule has 1 aromatic heterocycles. The Hall–Kier alpha value is -2.36. The maximum Gasteiger partial charge on any atom is 0.119 e. The minimum absolute atomic E-state index is 0.105. The molecular formula is C17H22N4O2. The molecule has 2 rings (SSSR count). The second-order valence-electron chi connectivity index (χ2n) is 5.54. The molecule has 0 saturated heterocycles. The molecule has 0 aliphatic carbocycles. The molecule has 0 spiro atoms. The molecule has 23 heavy (non-hydrogen) atoms. The van der Waals surface area contributed by atoms with Crippen molar-refractivity contribution in [3.63, 3.8) is 0 Å². The first-order valence-corrected chi connectivity index (χ1v) is 7.54. The lowest BCUT2D eigenvalue weighted by atomic mass is 10.1. The lowest BCUT2D eigenvalue weighted by Crippen LogP contribution is -2.33. The maximum atomic E-state index is 10.0. The lowest BCUT2D eigenvalue weighted by Gasteiger charge is -2.17. The van der Waals surface area contributed by atoms with Crippen LogP contribution in [-0.4, -0.2) is 34.1 Å². The molecule has 0 unspecified atom stereocenters. The summed E-state index contributed by atoms with van der Waals surface area (Å²) in [6.07, 6.45) is 1.22. The minimum Gasteiger partial charge on any atom is -0.491 e. The van der Waals surface area contributed by atoms with Crippen molar-refractivity contribution >= 4 is 0 Å². The summed E-state index contributed by atoms with van der Waals surface area (Å²) in [5.41, 5.74) is 2.81. The Balaban J connectivity index is 1.77. The van der Waals surface area contributed by atoms with E-state index in [1.165, 1.54) is 0 Å². The number of hydrogen-bond acceptors (Lipinski definition) is 5. The predicted octanol–water partition coefficient (Wildman–Crippen LogP) is 1.69. The van der Waals surface area contributed by atoms with Gasteiger partial charge in [0.25, 0.3) is 0 Å². The number of aliphatic hydroxyl groups is 1. The summed E-state index contributed by atoms with van der Waals surface area (Å²) in [5, 5.41) is 26.3. The van der Waals surface area contributed by atoms with Gasteiger partial charge in [-0.3, -0.25) is 4.68 Å². The van der Waals surface area contributed by atoms with Crippen LogP contribution in [0.25, 0.3) is 0 Å². The van der Waals surface area contributed by atoms with Crippen LogP contribution in [-0.2, 0) is 7.05 Å². The average molecular weight is 314 g/mol. The molecule has 0 saturated carbocycles. The number of aryl methyl sites for hydroxylation is 1. The van der Waals surface area contributed by atoms with Crippen LogP contribution in [0.4, 0.5) is 0 Å². The van der Waals surface area contributed by atoms with Crippen molar-refractivity contribution in [2.45, 2.75) is 26.0 Å². The van der Waals surface area contributed by atoms with Crippen LogP contribution >= 0.6 is 0 Å². The summed E-state index contributed by atoms with van der Waals surface area (Å²) < 4.78 is 7.35. The van der Waals surface area contributed by atoms with Crippen molar-refractivity contribution in [2.75, 3.05) is 13.2 Å². The van der Waals surface area contributed by atoms with Crippen molar-refractivity contribution in [1.82, 2.24) is 15.1 Å². The Morgan fingerprint density at radius 1 is 1.39 bits per heavy atom. The SMILES string of the molecule is Cc1c([C@H](C)NC[C@H](O)COc2ccc(C#N)cc2)cnn1C. The molecule has 2 N–H and O–H groups in total. The summed E-state index contributed by atoms with van der Waals surface area (Å²) in [5.74, 6) is 0.638. The zero-order chi connectivity index (χ0) is 16.8. The van der Waals surface area contributed by atoms with Gasteiger partial charge >= 0.3 is 0 Å². The van der Waals surface area contributed by atoms with Crippen LogP contribution in [0.15, 0.2) is 30.5 Å². The Morgan fingerprint density at radius 2 is 2.09 bits per heavy atom. The molecule has 6 nitrogen and oxygen atoms in total. The van der Waals surface area contributed by atoms with Crippen LogP contribution < -0.4 is 10.1 Å². The normalized spacial score (nSPS) is 13.3. The Bertz CT molecular complexity index is 673. The largest absolute Gasteiger partial charge is 0.491 e. The van der Waals surface area contributed by atoms with E-state index >= 15 is 0 Å². The summed E-state index contributed by atoms with van der Waals surface area (Å²) in [6, 6.07) is 8.98. The number of rotatable bonds is 7.